The Balaban J connectivity index is 1.73. The van der Waals surface area contributed by atoms with Crippen LogP contribution in [0.3, 0.4) is 0 Å². The van der Waals surface area contributed by atoms with Gasteiger partial charge in [-0.25, -0.2) is 0 Å². The van der Waals surface area contributed by atoms with E-state index in [-0.39, 0.29) is 0 Å². The van der Waals surface area contributed by atoms with E-state index in [1.807, 2.05) is 0 Å². The van der Waals surface area contributed by atoms with E-state index >= 15 is 0 Å². The first-order valence-corrected chi connectivity index (χ1v) is 6.76. The first-order valence-electron chi connectivity index (χ1n) is 6.76. The lowest BCUT2D eigenvalue weighted by Gasteiger charge is -2.26. The van der Waals surface area contributed by atoms with Crippen LogP contribution in [-0.4, -0.2) is 12.6 Å². The molecule has 2 atom stereocenters. The lowest BCUT2D eigenvalue weighted by atomic mass is 9.87. The number of hydrogen-bond acceptors (Lipinski definition) is 1. The van der Waals surface area contributed by atoms with Crippen molar-refractivity contribution in [1.29, 1.82) is 0 Å². The molecule has 2 fully saturated rings. The van der Waals surface area contributed by atoms with Crippen LogP contribution in [0, 0.1) is 11.8 Å². The molecule has 1 saturated carbocycles. The first-order chi connectivity index (χ1) is 7.34. The molecule has 0 radical (unpaired) electrons. The third-order valence-electron chi connectivity index (χ3n) is 4.00. The van der Waals surface area contributed by atoms with Crippen molar-refractivity contribution in [3.8, 4) is 0 Å². The van der Waals surface area contributed by atoms with E-state index in [0.29, 0.717) is 0 Å². The van der Waals surface area contributed by atoms with Crippen molar-refractivity contribution < 1.29 is 0 Å². The van der Waals surface area contributed by atoms with E-state index in [2.05, 4.69) is 24.4 Å². The van der Waals surface area contributed by atoms with Gasteiger partial charge in [0.2, 0.25) is 0 Å². The molecule has 0 amide bonds. The van der Waals surface area contributed by atoms with Crippen LogP contribution in [0.15, 0.2) is 12.2 Å². The largest absolute Gasteiger partial charge is 0.314 e. The first kappa shape index (κ1) is 11.2. The predicted molar refractivity (Wildman–Crippen MR) is 65.9 cm³/mol. The molecule has 1 heterocycles. The van der Waals surface area contributed by atoms with Gasteiger partial charge in [0.15, 0.2) is 0 Å². The van der Waals surface area contributed by atoms with E-state index in [4.69, 9.17) is 0 Å². The molecule has 0 aromatic rings. The van der Waals surface area contributed by atoms with Gasteiger partial charge in [-0.05, 0) is 44.4 Å². The van der Waals surface area contributed by atoms with Gasteiger partial charge in [-0.3, -0.25) is 0 Å². The number of rotatable bonds is 2. The van der Waals surface area contributed by atoms with E-state index < -0.39 is 0 Å². The SMILES string of the molecule is CC1CCC(C=CC2CCCCC2)CN1. The van der Waals surface area contributed by atoms with Gasteiger partial charge in [0.1, 0.15) is 0 Å². The Morgan fingerprint density at radius 1 is 0.867 bits per heavy atom. The van der Waals surface area contributed by atoms with Crippen LogP contribution < -0.4 is 5.32 Å². The maximum atomic E-state index is 3.57. The molecule has 1 aliphatic heterocycles. The van der Waals surface area contributed by atoms with E-state index in [0.717, 1.165) is 17.9 Å². The summed E-state index contributed by atoms with van der Waals surface area (Å²) in [5.74, 6) is 1.71. The number of piperidine rings is 1. The second-order valence-corrected chi connectivity index (χ2v) is 5.43. The summed E-state index contributed by atoms with van der Waals surface area (Å²) in [5.41, 5.74) is 0. The van der Waals surface area contributed by atoms with Crippen molar-refractivity contribution in [1.82, 2.24) is 5.32 Å². The molecular weight excluding hydrogens is 182 g/mol. The van der Waals surface area contributed by atoms with Gasteiger partial charge in [0, 0.05) is 12.6 Å². The number of allylic oxidation sites excluding steroid dienone is 1. The van der Waals surface area contributed by atoms with Gasteiger partial charge in [-0.2, -0.15) is 0 Å². The van der Waals surface area contributed by atoms with Crippen LogP contribution in [0.4, 0.5) is 0 Å². The van der Waals surface area contributed by atoms with E-state index in [9.17, 15) is 0 Å². The summed E-state index contributed by atoms with van der Waals surface area (Å²) in [6.07, 6.45) is 15.0. The topological polar surface area (TPSA) is 12.0 Å². The molecular formula is C14H25N. The van der Waals surface area contributed by atoms with Gasteiger partial charge < -0.3 is 5.32 Å². The maximum absolute atomic E-state index is 3.57. The highest BCUT2D eigenvalue weighted by atomic mass is 14.9. The van der Waals surface area contributed by atoms with Crippen molar-refractivity contribution in [2.24, 2.45) is 11.8 Å². The van der Waals surface area contributed by atoms with Crippen molar-refractivity contribution >= 4 is 0 Å². The third-order valence-corrected chi connectivity index (χ3v) is 4.00. The second-order valence-electron chi connectivity index (χ2n) is 5.43. The van der Waals surface area contributed by atoms with E-state index in [1.165, 1.54) is 51.5 Å². The van der Waals surface area contributed by atoms with Gasteiger partial charge in [-0.1, -0.05) is 31.4 Å². The number of nitrogens with one attached hydrogen (secondary N) is 1. The van der Waals surface area contributed by atoms with Crippen LogP contribution in [-0.2, 0) is 0 Å². The Bertz CT molecular complexity index is 195. The standard InChI is InChI=1S/C14H25N/c1-12-7-8-14(11-15-12)10-9-13-5-3-2-4-6-13/h9-10,12-15H,2-8,11H2,1H3. The highest BCUT2D eigenvalue weighted by Crippen LogP contribution is 2.25. The lowest BCUT2D eigenvalue weighted by molar-refractivity contribution is 0.363. The fraction of sp³-hybridized carbons (Fsp3) is 0.857. The molecule has 1 aliphatic carbocycles. The molecule has 0 spiro atoms. The summed E-state index contributed by atoms with van der Waals surface area (Å²) in [6, 6.07) is 0.740. The zero-order valence-electron chi connectivity index (χ0n) is 10.0. The van der Waals surface area contributed by atoms with Gasteiger partial charge >= 0.3 is 0 Å². The quantitative estimate of drug-likeness (QED) is 0.683. The molecule has 15 heavy (non-hydrogen) atoms. The molecule has 1 nitrogen and oxygen atoms in total. The molecule has 1 heteroatoms. The van der Waals surface area contributed by atoms with E-state index in [1.54, 1.807) is 0 Å². The average Bonchev–Trinajstić information content (AvgIpc) is 2.30. The molecule has 2 unspecified atom stereocenters. The molecule has 0 aromatic carbocycles. The minimum Gasteiger partial charge on any atom is -0.314 e. The van der Waals surface area contributed by atoms with Crippen molar-refractivity contribution in [3.63, 3.8) is 0 Å². The monoisotopic (exact) mass is 207 g/mol. The normalized spacial score (nSPS) is 34.7. The Morgan fingerprint density at radius 3 is 2.27 bits per heavy atom. The summed E-state index contributed by atoms with van der Waals surface area (Å²) in [4.78, 5) is 0. The highest BCUT2D eigenvalue weighted by molar-refractivity contribution is 4.96. The lowest BCUT2D eigenvalue weighted by Crippen LogP contribution is -2.36. The molecule has 1 saturated heterocycles. The van der Waals surface area contributed by atoms with Crippen LogP contribution >= 0.6 is 0 Å². The summed E-state index contributed by atoms with van der Waals surface area (Å²) in [6.45, 7) is 3.49. The summed E-state index contributed by atoms with van der Waals surface area (Å²) < 4.78 is 0. The summed E-state index contributed by atoms with van der Waals surface area (Å²) >= 11 is 0. The summed E-state index contributed by atoms with van der Waals surface area (Å²) in [5, 5.41) is 3.57. The molecule has 86 valence electrons. The summed E-state index contributed by atoms with van der Waals surface area (Å²) in [7, 11) is 0. The Hall–Kier alpha value is -0.300. The minimum absolute atomic E-state index is 0.740. The van der Waals surface area contributed by atoms with Crippen molar-refractivity contribution in [2.45, 2.75) is 57.9 Å². The third kappa shape index (κ3) is 3.64. The average molecular weight is 207 g/mol. The Labute approximate surface area is 94.3 Å². The molecule has 0 bridgehead atoms. The molecule has 0 aromatic heterocycles. The van der Waals surface area contributed by atoms with Crippen LogP contribution in [0.1, 0.15) is 51.9 Å². The fourth-order valence-electron chi connectivity index (χ4n) is 2.83. The van der Waals surface area contributed by atoms with Gasteiger partial charge in [-0.15, -0.1) is 0 Å². The zero-order valence-corrected chi connectivity index (χ0v) is 10.0. The van der Waals surface area contributed by atoms with Gasteiger partial charge in [0.25, 0.3) is 0 Å². The van der Waals surface area contributed by atoms with Crippen LogP contribution in [0.5, 0.6) is 0 Å². The predicted octanol–water partition coefficient (Wildman–Crippen LogP) is 3.51. The number of hydrogen-bond donors (Lipinski definition) is 1. The Kier molecular flexibility index (Phi) is 4.25. The zero-order chi connectivity index (χ0) is 10.5. The second kappa shape index (κ2) is 5.69. The Morgan fingerprint density at radius 2 is 1.60 bits per heavy atom. The van der Waals surface area contributed by atoms with Crippen LogP contribution in [0.2, 0.25) is 0 Å². The maximum Gasteiger partial charge on any atom is 0.00391 e. The van der Waals surface area contributed by atoms with Gasteiger partial charge in [0.05, 0.1) is 0 Å². The highest BCUT2D eigenvalue weighted by Gasteiger charge is 2.16. The van der Waals surface area contributed by atoms with Crippen LogP contribution in [0.25, 0.3) is 0 Å². The minimum atomic E-state index is 0.740. The van der Waals surface area contributed by atoms with Crippen molar-refractivity contribution in [3.05, 3.63) is 12.2 Å². The molecule has 1 N–H and O–H groups in total. The smallest absolute Gasteiger partial charge is 0.00391 e. The molecule has 2 aliphatic rings. The fourth-order valence-corrected chi connectivity index (χ4v) is 2.83. The van der Waals surface area contributed by atoms with Crippen molar-refractivity contribution in [2.75, 3.05) is 6.54 Å². The molecule has 2 rings (SSSR count).